The molecule has 1 aliphatic heterocycles. The molecule has 1 aliphatic rings. The van der Waals surface area contributed by atoms with E-state index in [9.17, 15) is 14.7 Å². The van der Waals surface area contributed by atoms with Crippen molar-refractivity contribution >= 4 is 33.3 Å². The summed E-state index contributed by atoms with van der Waals surface area (Å²) < 4.78 is 0.761. The first-order chi connectivity index (χ1) is 9.56. The van der Waals surface area contributed by atoms with E-state index in [2.05, 4.69) is 15.9 Å². The standard InChI is InChI=1S/C15H10BrNO3/c16-10-4-5-13-12(7-10)14(19)15(20)17(13)8-9-2-1-3-11(18)6-9/h1-7,18H,8H2. The summed E-state index contributed by atoms with van der Waals surface area (Å²) >= 11 is 3.29. The number of phenols is 1. The van der Waals surface area contributed by atoms with Gasteiger partial charge in [-0.3, -0.25) is 9.59 Å². The van der Waals surface area contributed by atoms with Gasteiger partial charge in [-0.1, -0.05) is 28.1 Å². The third-order valence-corrected chi connectivity index (χ3v) is 3.68. The number of hydrogen-bond donors (Lipinski definition) is 1. The molecule has 2 aromatic carbocycles. The smallest absolute Gasteiger partial charge is 0.299 e. The van der Waals surface area contributed by atoms with Crippen LogP contribution in [0, 0.1) is 0 Å². The van der Waals surface area contributed by atoms with Crippen molar-refractivity contribution in [1.29, 1.82) is 0 Å². The summed E-state index contributed by atoms with van der Waals surface area (Å²) in [5.41, 5.74) is 1.78. The van der Waals surface area contributed by atoms with Crippen LogP contribution in [0.15, 0.2) is 46.9 Å². The molecule has 0 radical (unpaired) electrons. The minimum atomic E-state index is -0.540. The molecular formula is C15H10BrNO3. The van der Waals surface area contributed by atoms with Crippen molar-refractivity contribution in [1.82, 2.24) is 0 Å². The first-order valence-electron chi connectivity index (χ1n) is 6.00. The van der Waals surface area contributed by atoms with Crippen LogP contribution in [0.1, 0.15) is 15.9 Å². The molecule has 0 saturated carbocycles. The van der Waals surface area contributed by atoms with E-state index in [4.69, 9.17) is 0 Å². The molecule has 0 atom stereocenters. The second-order valence-corrected chi connectivity index (χ2v) is 5.47. The van der Waals surface area contributed by atoms with E-state index in [-0.39, 0.29) is 12.3 Å². The summed E-state index contributed by atoms with van der Waals surface area (Å²) in [4.78, 5) is 25.4. The largest absolute Gasteiger partial charge is 0.508 e. The highest BCUT2D eigenvalue weighted by molar-refractivity contribution is 9.10. The predicted octanol–water partition coefficient (Wildman–Crippen LogP) is 2.88. The maximum absolute atomic E-state index is 12.1. The average Bonchev–Trinajstić information content (AvgIpc) is 2.64. The van der Waals surface area contributed by atoms with Gasteiger partial charge in [-0.05, 0) is 35.9 Å². The highest BCUT2D eigenvalue weighted by Crippen LogP contribution is 2.32. The van der Waals surface area contributed by atoms with Gasteiger partial charge < -0.3 is 10.0 Å². The van der Waals surface area contributed by atoms with Crippen LogP contribution in [0.5, 0.6) is 5.75 Å². The normalized spacial score (nSPS) is 13.8. The lowest BCUT2D eigenvalue weighted by Crippen LogP contribution is -2.29. The number of aromatic hydroxyl groups is 1. The van der Waals surface area contributed by atoms with Gasteiger partial charge in [0.2, 0.25) is 0 Å². The zero-order valence-corrected chi connectivity index (χ0v) is 11.9. The maximum Gasteiger partial charge on any atom is 0.299 e. The molecule has 0 aliphatic carbocycles. The van der Waals surface area contributed by atoms with E-state index in [1.807, 2.05) is 0 Å². The first kappa shape index (κ1) is 12.9. The van der Waals surface area contributed by atoms with Gasteiger partial charge in [0.15, 0.2) is 0 Å². The second-order valence-electron chi connectivity index (χ2n) is 4.55. The van der Waals surface area contributed by atoms with E-state index in [0.717, 1.165) is 10.0 Å². The fraction of sp³-hybridized carbons (Fsp3) is 0.0667. The zero-order valence-electron chi connectivity index (χ0n) is 10.3. The fourth-order valence-electron chi connectivity index (χ4n) is 2.27. The summed E-state index contributed by atoms with van der Waals surface area (Å²) in [5.74, 6) is -0.903. The van der Waals surface area contributed by atoms with Gasteiger partial charge in [-0.15, -0.1) is 0 Å². The summed E-state index contributed by atoms with van der Waals surface area (Å²) in [6.45, 7) is 0.258. The minimum Gasteiger partial charge on any atom is -0.508 e. The van der Waals surface area contributed by atoms with E-state index in [1.165, 1.54) is 4.90 Å². The number of carbonyl (C=O) groups excluding carboxylic acids is 2. The van der Waals surface area contributed by atoms with E-state index in [0.29, 0.717) is 11.3 Å². The number of fused-ring (bicyclic) bond motifs is 1. The average molecular weight is 332 g/mol. The molecule has 4 nitrogen and oxygen atoms in total. The van der Waals surface area contributed by atoms with Gasteiger partial charge in [0.1, 0.15) is 5.75 Å². The quantitative estimate of drug-likeness (QED) is 0.861. The van der Waals surface area contributed by atoms with Crippen LogP contribution >= 0.6 is 15.9 Å². The summed E-state index contributed by atoms with van der Waals surface area (Å²) in [6, 6.07) is 11.8. The number of carbonyl (C=O) groups is 2. The maximum atomic E-state index is 12.1. The van der Waals surface area contributed by atoms with Crippen molar-refractivity contribution in [2.24, 2.45) is 0 Å². The van der Waals surface area contributed by atoms with Crippen molar-refractivity contribution in [2.45, 2.75) is 6.54 Å². The lowest BCUT2D eigenvalue weighted by molar-refractivity contribution is -0.114. The van der Waals surface area contributed by atoms with Crippen LogP contribution in [0.2, 0.25) is 0 Å². The third-order valence-electron chi connectivity index (χ3n) is 3.18. The van der Waals surface area contributed by atoms with Crippen LogP contribution in [0.25, 0.3) is 0 Å². The van der Waals surface area contributed by atoms with Gasteiger partial charge in [0.25, 0.3) is 11.7 Å². The number of rotatable bonds is 2. The van der Waals surface area contributed by atoms with Gasteiger partial charge in [-0.25, -0.2) is 0 Å². The van der Waals surface area contributed by atoms with Crippen LogP contribution in [0.3, 0.4) is 0 Å². The van der Waals surface area contributed by atoms with Gasteiger partial charge in [-0.2, -0.15) is 0 Å². The molecule has 1 N–H and O–H groups in total. The monoisotopic (exact) mass is 331 g/mol. The molecule has 2 aromatic rings. The molecule has 20 heavy (non-hydrogen) atoms. The Labute approximate surface area is 123 Å². The molecule has 0 saturated heterocycles. The molecule has 0 fully saturated rings. The highest BCUT2D eigenvalue weighted by atomic mass is 79.9. The Hall–Kier alpha value is -2.14. The van der Waals surface area contributed by atoms with Gasteiger partial charge in [0.05, 0.1) is 17.8 Å². The highest BCUT2D eigenvalue weighted by Gasteiger charge is 2.35. The fourth-order valence-corrected chi connectivity index (χ4v) is 2.63. The third kappa shape index (κ3) is 2.10. The SMILES string of the molecule is O=C1C(=O)N(Cc2cccc(O)c2)c2ccc(Br)cc21. The summed E-state index contributed by atoms with van der Waals surface area (Å²) in [5, 5.41) is 9.46. The molecule has 0 unspecified atom stereocenters. The molecule has 1 heterocycles. The Kier molecular flexibility index (Phi) is 3.06. The van der Waals surface area contributed by atoms with Crippen molar-refractivity contribution in [2.75, 3.05) is 4.90 Å². The Morgan fingerprint density at radius 2 is 1.90 bits per heavy atom. The number of benzene rings is 2. The molecule has 100 valence electrons. The number of phenolic OH excluding ortho intramolecular Hbond substituents is 1. The molecule has 0 aromatic heterocycles. The van der Waals surface area contributed by atoms with Gasteiger partial charge >= 0.3 is 0 Å². The number of Topliss-reactive ketones (excluding diaryl/α,β-unsaturated/α-hetero) is 1. The molecule has 0 spiro atoms. The number of halogens is 1. The van der Waals surface area contributed by atoms with Gasteiger partial charge in [0, 0.05) is 4.47 Å². The first-order valence-corrected chi connectivity index (χ1v) is 6.79. The molecular weight excluding hydrogens is 322 g/mol. The minimum absolute atomic E-state index is 0.136. The van der Waals surface area contributed by atoms with Crippen LogP contribution < -0.4 is 4.90 Å². The molecule has 0 bridgehead atoms. The van der Waals surface area contributed by atoms with Crippen LogP contribution in [0.4, 0.5) is 5.69 Å². The molecule has 1 amide bonds. The Balaban J connectivity index is 1.99. The number of anilines is 1. The van der Waals surface area contributed by atoms with E-state index < -0.39 is 11.7 Å². The number of nitrogens with zero attached hydrogens (tertiary/aromatic N) is 1. The Morgan fingerprint density at radius 3 is 2.65 bits per heavy atom. The summed E-state index contributed by atoms with van der Waals surface area (Å²) in [7, 11) is 0. The van der Waals surface area contributed by atoms with E-state index >= 15 is 0 Å². The lowest BCUT2D eigenvalue weighted by Gasteiger charge is -2.16. The predicted molar refractivity (Wildman–Crippen MR) is 77.8 cm³/mol. The molecule has 5 heteroatoms. The van der Waals surface area contributed by atoms with Crippen molar-refractivity contribution in [3.63, 3.8) is 0 Å². The van der Waals surface area contributed by atoms with Crippen molar-refractivity contribution in [3.05, 3.63) is 58.1 Å². The zero-order chi connectivity index (χ0) is 14.3. The second kappa shape index (κ2) is 4.76. The van der Waals surface area contributed by atoms with E-state index in [1.54, 1.807) is 42.5 Å². The number of ketones is 1. The number of hydrogen-bond acceptors (Lipinski definition) is 3. The van der Waals surface area contributed by atoms with Crippen molar-refractivity contribution in [3.8, 4) is 5.75 Å². The van der Waals surface area contributed by atoms with Crippen LogP contribution in [-0.4, -0.2) is 16.8 Å². The Morgan fingerprint density at radius 1 is 1.10 bits per heavy atom. The summed E-state index contributed by atoms with van der Waals surface area (Å²) in [6.07, 6.45) is 0. The lowest BCUT2D eigenvalue weighted by atomic mass is 10.1. The van der Waals surface area contributed by atoms with Crippen molar-refractivity contribution < 1.29 is 14.7 Å². The Bertz CT molecular complexity index is 727. The van der Waals surface area contributed by atoms with Crippen LogP contribution in [-0.2, 0) is 11.3 Å². The topological polar surface area (TPSA) is 57.6 Å². The molecule has 3 rings (SSSR count). The number of amides is 1.